The highest BCUT2D eigenvalue weighted by Crippen LogP contribution is 2.18. The van der Waals surface area contributed by atoms with Crippen molar-refractivity contribution in [1.82, 2.24) is 4.98 Å². The monoisotopic (exact) mass is 359 g/mol. The fourth-order valence-corrected chi connectivity index (χ4v) is 2.84. The van der Waals surface area contributed by atoms with E-state index in [4.69, 9.17) is 0 Å². The third kappa shape index (κ3) is 5.17. The second-order valence-corrected chi connectivity index (χ2v) is 7.00. The summed E-state index contributed by atoms with van der Waals surface area (Å²) in [5.74, 6) is 0.249. The van der Waals surface area contributed by atoms with Crippen LogP contribution in [0.2, 0.25) is 0 Å². The van der Waals surface area contributed by atoms with E-state index in [9.17, 15) is 4.79 Å². The largest absolute Gasteiger partial charge is 0.381 e. The molecule has 2 aromatic carbocycles. The van der Waals surface area contributed by atoms with Gasteiger partial charge in [-0.2, -0.15) is 0 Å². The number of aryl methyl sites for hydroxylation is 1. The van der Waals surface area contributed by atoms with Crippen LogP contribution in [0.3, 0.4) is 0 Å². The molecule has 0 saturated carbocycles. The lowest BCUT2D eigenvalue weighted by Crippen LogP contribution is -2.14. The van der Waals surface area contributed by atoms with E-state index in [2.05, 4.69) is 54.6 Å². The summed E-state index contributed by atoms with van der Waals surface area (Å²) in [4.78, 5) is 16.7. The lowest BCUT2D eigenvalue weighted by Gasteiger charge is -2.10. The molecule has 0 unspecified atom stereocenters. The molecule has 0 saturated heterocycles. The van der Waals surface area contributed by atoms with E-state index in [0.717, 1.165) is 11.4 Å². The molecule has 0 aliphatic rings. The summed E-state index contributed by atoms with van der Waals surface area (Å²) in [6.45, 7) is 7.06. The van der Waals surface area contributed by atoms with Crippen molar-refractivity contribution < 1.29 is 4.79 Å². The number of hydrogen-bond donors (Lipinski definition) is 2. The normalized spacial score (nSPS) is 10.7. The Kier molecular flexibility index (Phi) is 5.87. The van der Waals surface area contributed by atoms with Crippen molar-refractivity contribution in [1.29, 1.82) is 0 Å². The highest BCUT2D eigenvalue weighted by Gasteiger charge is 2.09. The molecule has 3 rings (SSSR count). The highest BCUT2D eigenvalue weighted by atomic mass is 16.1. The second kappa shape index (κ2) is 8.49. The van der Waals surface area contributed by atoms with Crippen LogP contribution in [-0.4, -0.2) is 10.9 Å². The topological polar surface area (TPSA) is 54.0 Å². The van der Waals surface area contributed by atoms with Crippen LogP contribution in [0.1, 0.15) is 46.9 Å². The fourth-order valence-electron chi connectivity index (χ4n) is 2.84. The van der Waals surface area contributed by atoms with Gasteiger partial charge < -0.3 is 10.6 Å². The Morgan fingerprint density at radius 2 is 1.78 bits per heavy atom. The van der Waals surface area contributed by atoms with Crippen LogP contribution in [0.5, 0.6) is 0 Å². The van der Waals surface area contributed by atoms with E-state index in [-0.39, 0.29) is 5.91 Å². The molecule has 0 radical (unpaired) electrons. The number of carbonyl (C=O) groups excluding carboxylic acids is 1. The first-order valence-corrected chi connectivity index (χ1v) is 9.18. The number of pyridine rings is 1. The van der Waals surface area contributed by atoms with Crippen molar-refractivity contribution in [3.8, 4) is 0 Å². The average molecular weight is 359 g/mol. The number of carbonyl (C=O) groups is 1. The summed E-state index contributed by atoms with van der Waals surface area (Å²) in [5, 5.41) is 6.25. The number of hydrogen-bond acceptors (Lipinski definition) is 3. The van der Waals surface area contributed by atoms with Gasteiger partial charge in [0.25, 0.3) is 5.91 Å². The Morgan fingerprint density at radius 1 is 1.00 bits per heavy atom. The number of nitrogens with zero attached hydrogens (tertiary/aromatic N) is 1. The van der Waals surface area contributed by atoms with Crippen molar-refractivity contribution in [3.05, 3.63) is 89.2 Å². The summed E-state index contributed by atoms with van der Waals surface area (Å²) in [5.41, 5.74) is 5.69. The first-order chi connectivity index (χ1) is 13.0. The van der Waals surface area contributed by atoms with Gasteiger partial charge in [0.05, 0.1) is 0 Å². The SMILES string of the molecule is Cc1cccc(CNc2ccnc(C(=O)Nc3ccc(C(C)C)cc3)c2)c1. The van der Waals surface area contributed by atoms with E-state index in [1.54, 1.807) is 12.3 Å². The standard InChI is InChI=1S/C23H25N3O/c1-16(2)19-7-9-20(10-8-19)26-23(27)22-14-21(11-12-24-22)25-15-18-6-4-5-17(3)13-18/h4-14,16H,15H2,1-3H3,(H,24,25)(H,26,27). The third-order valence-electron chi connectivity index (χ3n) is 4.41. The molecule has 1 aromatic heterocycles. The van der Waals surface area contributed by atoms with Gasteiger partial charge in [0.2, 0.25) is 0 Å². The Morgan fingerprint density at radius 3 is 2.48 bits per heavy atom. The maximum absolute atomic E-state index is 12.5. The summed E-state index contributed by atoms with van der Waals surface area (Å²) in [7, 11) is 0. The minimum absolute atomic E-state index is 0.216. The molecule has 4 nitrogen and oxygen atoms in total. The first-order valence-electron chi connectivity index (χ1n) is 9.18. The molecule has 27 heavy (non-hydrogen) atoms. The Balaban J connectivity index is 1.64. The van der Waals surface area contributed by atoms with Gasteiger partial charge in [0.15, 0.2) is 0 Å². The molecule has 2 N–H and O–H groups in total. The van der Waals surface area contributed by atoms with Gasteiger partial charge in [-0.05, 0) is 48.2 Å². The molecule has 1 heterocycles. The van der Waals surface area contributed by atoms with E-state index in [1.807, 2.05) is 36.4 Å². The molecule has 0 aliphatic heterocycles. The number of nitrogens with one attached hydrogen (secondary N) is 2. The maximum atomic E-state index is 12.5. The predicted octanol–water partition coefficient (Wildman–Crippen LogP) is 5.38. The summed E-state index contributed by atoms with van der Waals surface area (Å²) in [6, 6.07) is 19.9. The van der Waals surface area contributed by atoms with Gasteiger partial charge in [-0.1, -0.05) is 55.8 Å². The van der Waals surface area contributed by atoms with E-state index < -0.39 is 0 Å². The molecule has 138 valence electrons. The molecule has 0 spiro atoms. The molecule has 0 atom stereocenters. The summed E-state index contributed by atoms with van der Waals surface area (Å²) < 4.78 is 0. The number of anilines is 2. The minimum Gasteiger partial charge on any atom is -0.381 e. The van der Waals surface area contributed by atoms with E-state index in [1.165, 1.54) is 16.7 Å². The van der Waals surface area contributed by atoms with Crippen molar-refractivity contribution in [2.24, 2.45) is 0 Å². The van der Waals surface area contributed by atoms with Crippen LogP contribution in [0.25, 0.3) is 0 Å². The maximum Gasteiger partial charge on any atom is 0.274 e. The minimum atomic E-state index is -0.216. The van der Waals surface area contributed by atoms with Crippen LogP contribution in [0.4, 0.5) is 11.4 Å². The zero-order valence-corrected chi connectivity index (χ0v) is 16.0. The quantitative estimate of drug-likeness (QED) is 0.621. The van der Waals surface area contributed by atoms with Gasteiger partial charge in [-0.3, -0.25) is 9.78 Å². The van der Waals surface area contributed by atoms with Crippen LogP contribution in [0.15, 0.2) is 66.9 Å². The molecule has 1 amide bonds. The zero-order valence-electron chi connectivity index (χ0n) is 16.0. The summed E-state index contributed by atoms with van der Waals surface area (Å²) >= 11 is 0. The van der Waals surface area contributed by atoms with Crippen LogP contribution in [-0.2, 0) is 6.54 Å². The smallest absolute Gasteiger partial charge is 0.274 e. The fraction of sp³-hybridized carbons (Fsp3) is 0.217. The van der Waals surface area contributed by atoms with E-state index in [0.29, 0.717) is 18.2 Å². The van der Waals surface area contributed by atoms with Gasteiger partial charge in [0, 0.05) is 24.1 Å². The Bertz CT molecular complexity index is 917. The van der Waals surface area contributed by atoms with Gasteiger partial charge >= 0.3 is 0 Å². The average Bonchev–Trinajstić information content (AvgIpc) is 2.67. The molecule has 0 bridgehead atoms. The molecule has 3 aromatic rings. The summed E-state index contributed by atoms with van der Waals surface area (Å²) in [6.07, 6.45) is 1.65. The Labute approximate surface area is 160 Å². The van der Waals surface area contributed by atoms with Gasteiger partial charge in [-0.15, -0.1) is 0 Å². The second-order valence-electron chi connectivity index (χ2n) is 7.00. The van der Waals surface area contributed by atoms with Crippen LogP contribution >= 0.6 is 0 Å². The van der Waals surface area contributed by atoms with Gasteiger partial charge in [0.1, 0.15) is 5.69 Å². The van der Waals surface area contributed by atoms with Crippen LogP contribution < -0.4 is 10.6 Å². The van der Waals surface area contributed by atoms with Gasteiger partial charge in [-0.25, -0.2) is 0 Å². The van der Waals surface area contributed by atoms with Crippen molar-refractivity contribution in [2.75, 3.05) is 10.6 Å². The van der Waals surface area contributed by atoms with Crippen LogP contribution in [0, 0.1) is 6.92 Å². The lowest BCUT2D eigenvalue weighted by molar-refractivity contribution is 0.102. The van der Waals surface area contributed by atoms with Crippen molar-refractivity contribution >= 4 is 17.3 Å². The lowest BCUT2D eigenvalue weighted by atomic mass is 10.0. The number of rotatable bonds is 6. The molecule has 0 fully saturated rings. The van der Waals surface area contributed by atoms with Crippen molar-refractivity contribution in [2.45, 2.75) is 33.2 Å². The van der Waals surface area contributed by atoms with E-state index >= 15 is 0 Å². The zero-order chi connectivity index (χ0) is 19.2. The highest BCUT2D eigenvalue weighted by molar-refractivity contribution is 6.03. The van der Waals surface area contributed by atoms with Crippen molar-refractivity contribution in [3.63, 3.8) is 0 Å². The number of benzene rings is 2. The third-order valence-corrected chi connectivity index (χ3v) is 4.41. The Hall–Kier alpha value is -3.14. The molecule has 0 aliphatic carbocycles. The molecular formula is C23H25N3O. The number of amides is 1. The first kappa shape index (κ1) is 18.6. The molecule has 4 heteroatoms. The predicted molar refractivity (Wildman–Crippen MR) is 111 cm³/mol. The molecular weight excluding hydrogens is 334 g/mol. The number of aromatic nitrogens is 1.